The van der Waals surface area contributed by atoms with Crippen LogP contribution in [0.4, 0.5) is 5.82 Å². The highest BCUT2D eigenvalue weighted by molar-refractivity contribution is 5.95. The molecular formula is C19H21N5O. The minimum atomic E-state index is 0.0254. The third-order valence-electron chi connectivity index (χ3n) is 4.86. The molecule has 128 valence electrons. The lowest BCUT2D eigenvalue weighted by molar-refractivity contribution is 0.0930. The molecule has 1 saturated heterocycles. The van der Waals surface area contributed by atoms with Crippen molar-refractivity contribution in [2.45, 2.75) is 25.8 Å². The van der Waals surface area contributed by atoms with E-state index in [2.05, 4.69) is 26.5 Å². The van der Waals surface area contributed by atoms with Gasteiger partial charge in [0.15, 0.2) is 5.65 Å². The number of hydrogen-bond donors (Lipinski definition) is 1. The van der Waals surface area contributed by atoms with Crippen molar-refractivity contribution in [3.8, 4) is 0 Å². The standard InChI is InChI=1S/C19H21N5O/c1-14-5-2-3-6-16(14)19(25)21-15-9-11-23(12-10-15)18-8-4-7-17-22-20-13-24(17)18/h2-8,13,15H,9-12H2,1H3,(H,21,25). The minimum absolute atomic E-state index is 0.0254. The number of aryl methyl sites for hydroxylation is 1. The van der Waals surface area contributed by atoms with Gasteiger partial charge in [0.25, 0.3) is 5.91 Å². The summed E-state index contributed by atoms with van der Waals surface area (Å²) >= 11 is 0. The quantitative estimate of drug-likeness (QED) is 0.798. The first kappa shape index (κ1) is 15.6. The van der Waals surface area contributed by atoms with E-state index in [0.29, 0.717) is 0 Å². The summed E-state index contributed by atoms with van der Waals surface area (Å²) in [5, 5.41) is 11.3. The number of anilines is 1. The normalized spacial score (nSPS) is 15.5. The zero-order valence-corrected chi connectivity index (χ0v) is 14.2. The van der Waals surface area contributed by atoms with E-state index >= 15 is 0 Å². The van der Waals surface area contributed by atoms with Crippen LogP contribution in [0, 0.1) is 6.92 Å². The lowest BCUT2D eigenvalue weighted by atomic mass is 10.0. The second-order valence-electron chi connectivity index (χ2n) is 6.49. The molecule has 4 rings (SSSR count). The van der Waals surface area contributed by atoms with E-state index in [4.69, 9.17) is 0 Å². The van der Waals surface area contributed by atoms with E-state index in [9.17, 15) is 4.79 Å². The third-order valence-corrected chi connectivity index (χ3v) is 4.86. The highest BCUT2D eigenvalue weighted by Crippen LogP contribution is 2.21. The molecule has 0 bridgehead atoms. The van der Waals surface area contributed by atoms with Gasteiger partial charge in [0.2, 0.25) is 0 Å². The molecule has 1 aliphatic heterocycles. The van der Waals surface area contributed by atoms with Gasteiger partial charge >= 0.3 is 0 Å². The van der Waals surface area contributed by atoms with Gasteiger partial charge in [-0.3, -0.25) is 9.20 Å². The van der Waals surface area contributed by atoms with Crippen LogP contribution in [0.5, 0.6) is 0 Å². The van der Waals surface area contributed by atoms with Crippen LogP contribution in [0.15, 0.2) is 48.8 Å². The second-order valence-corrected chi connectivity index (χ2v) is 6.49. The van der Waals surface area contributed by atoms with Gasteiger partial charge in [0.05, 0.1) is 0 Å². The fourth-order valence-electron chi connectivity index (χ4n) is 3.44. The Bertz CT molecular complexity index is 895. The van der Waals surface area contributed by atoms with E-state index in [1.807, 2.05) is 47.7 Å². The molecule has 1 amide bonds. The van der Waals surface area contributed by atoms with Crippen molar-refractivity contribution < 1.29 is 4.79 Å². The molecule has 3 aromatic rings. The molecule has 1 aromatic carbocycles. The zero-order valence-electron chi connectivity index (χ0n) is 14.2. The molecule has 2 aromatic heterocycles. The van der Waals surface area contributed by atoms with Crippen LogP contribution in [0.25, 0.3) is 5.65 Å². The fourth-order valence-corrected chi connectivity index (χ4v) is 3.44. The Labute approximate surface area is 146 Å². The van der Waals surface area contributed by atoms with Crippen LogP contribution < -0.4 is 10.2 Å². The van der Waals surface area contributed by atoms with E-state index in [1.54, 1.807) is 6.33 Å². The number of amides is 1. The Morgan fingerprint density at radius 1 is 1.12 bits per heavy atom. The summed E-state index contributed by atoms with van der Waals surface area (Å²) in [7, 11) is 0. The van der Waals surface area contributed by atoms with Crippen molar-refractivity contribution in [1.29, 1.82) is 0 Å². The van der Waals surface area contributed by atoms with Gasteiger partial charge in [-0.2, -0.15) is 0 Å². The van der Waals surface area contributed by atoms with Crippen molar-refractivity contribution in [3.05, 3.63) is 59.9 Å². The second kappa shape index (κ2) is 6.55. The molecule has 0 saturated carbocycles. The fraction of sp³-hybridized carbons (Fsp3) is 0.316. The summed E-state index contributed by atoms with van der Waals surface area (Å²) in [5.41, 5.74) is 2.63. The van der Waals surface area contributed by atoms with Gasteiger partial charge in [0.1, 0.15) is 12.1 Å². The number of carbonyl (C=O) groups is 1. The summed E-state index contributed by atoms with van der Waals surface area (Å²) in [6, 6.07) is 14.0. The van der Waals surface area contributed by atoms with Crippen LogP contribution in [0.3, 0.4) is 0 Å². The summed E-state index contributed by atoms with van der Waals surface area (Å²) < 4.78 is 2.01. The number of piperidine rings is 1. The van der Waals surface area contributed by atoms with E-state index in [0.717, 1.165) is 48.5 Å². The first-order valence-corrected chi connectivity index (χ1v) is 8.62. The number of nitrogens with zero attached hydrogens (tertiary/aromatic N) is 4. The van der Waals surface area contributed by atoms with Crippen molar-refractivity contribution >= 4 is 17.4 Å². The van der Waals surface area contributed by atoms with Crippen LogP contribution in [-0.4, -0.2) is 39.6 Å². The largest absolute Gasteiger partial charge is 0.358 e. The van der Waals surface area contributed by atoms with Crippen molar-refractivity contribution in [2.75, 3.05) is 18.0 Å². The van der Waals surface area contributed by atoms with Gasteiger partial charge < -0.3 is 10.2 Å². The Hall–Kier alpha value is -2.89. The Morgan fingerprint density at radius 3 is 2.72 bits per heavy atom. The zero-order chi connectivity index (χ0) is 17.2. The van der Waals surface area contributed by atoms with Crippen LogP contribution in [-0.2, 0) is 0 Å². The number of aromatic nitrogens is 3. The summed E-state index contributed by atoms with van der Waals surface area (Å²) in [6.45, 7) is 3.77. The molecule has 0 radical (unpaired) electrons. The van der Waals surface area contributed by atoms with Crippen LogP contribution in [0.2, 0.25) is 0 Å². The maximum atomic E-state index is 12.5. The topological polar surface area (TPSA) is 62.5 Å². The van der Waals surface area contributed by atoms with Crippen LogP contribution in [0.1, 0.15) is 28.8 Å². The highest BCUT2D eigenvalue weighted by Gasteiger charge is 2.23. The number of hydrogen-bond acceptors (Lipinski definition) is 4. The first-order valence-electron chi connectivity index (χ1n) is 8.62. The van der Waals surface area contributed by atoms with Crippen LogP contribution >= 0.6 is 0 Å². The van der Waals surface area contributed by atoms with Crippen molar-refractivity contribution in [3.63, 3.8) is 0 Å². The third kappa shape index (κ3) is 3.07. The molecule has 6 nitrogen and oxygen atoms in total. The Morgan fingerprint density at radius 2 is 1.92 bits per heavy atom. The van der Waals surface area contributed by atoms with Gasteiger partial charge in [-0.1, -0.05) is 24.3 Å². The molecule has 0 atom stereocenters. The number of rotatable bonds is 3. The predicted molar refractivity (Wildman–Crippen MR) is 96.9 cm³/mol. The van der Waals surface area contributed by atoms with Crippen molar-refractivity contribution in [1.82, 2.24) is 19.9 Å². The molecule has 25 heavy (non-hydrogen) atoms. The highest BCUT2D eigenvalue weighted by atomic mass is 16.1. The molecule has 1 N–H and O–H groups in total. The molecule has 1 aliphatic rings. The minimum Gasteiger partial charge on any atom is -0.358 e. The molecule has 0 spiro atoms. The Kier molecular flexibility index (Phi) is 4.09. The number of carbonyl (C=O) groups excluding carboxylic acids is 1. The summed E-state index contributed by atoms with van der Waals surface area (Å²) in [6.07, 6.45) is 3.60. The maximum absolute atomic E-state index is 12.5. The Balaban J connectivity index is 1.41. The molecule has 6 heteroatoms. The van der Waals surface area contributed by atoms with Gasteiger partial charge in [-0.25, -0.2) is 0 Å². The van der Waals surface area contributed by atoms with Crippen molar-refractivity contribution in [2.24, 2.45) is 0 Å². The number of nitrogens with one attached hydrogen (secondary N) is 1. The van der Waals surface area contributed by atoms with E-state index in [-0.39, 0.29) is 11.9 Å². The monoisotopic (exact) mass is 335 g/mol. The molecule has 1 fully saturated rings. The number of fused-ring (bicyclic) bond motifs is 1. The molecule has 0 aliphatic carbocycles. The lowest BCUT2D eigenvalue weighted by Gasteiger charge is -2.34. The predicted octanol–water partition coefficient (Wildman–Crippen LogP) is 2.44. The lowest BCUT2D eigenvalue weighted by Crippen LogP contribution is -2.45. The SMILES string of the molecule is Cc1ccccc1C(=O)NC1CCN(c2cccc3nncn23)CC1. The van der Waals surface area contributed by atoms with E-state index < -0.39 is 0 Å². The molecule has 3 heterocycles. The molecule has 0 unspecified atom stereocenters. The number of benzene rings is 1. The maximum Gasteiger partial charge on any atom is 0.251 e. The summed E-state index contributed by atoms with van der Waals surface area (Å²) in [4.78, 5) is 14.8. The van der Waals surface area contributed by atoms with Gasteiger partial charge in [-0.05, 0) is 43.5 Å². The van der Waals surface area contributed by atoms with Gasteiger partial charge in [-0.15, -0.1) is 10.2 Å². The smallest absolute Gasteiger partial charge is 0.251 e. The number of pyridine rings is 1. The summed E-state index contributed by atoms with van der Waals surface area (Å²) in [5.74, 6) is 1.13. The average molecular weight is 335 g/mol. The molecular weight excluding hydrogens is 314 g/mol. The van der Waals surface area contributed by atoms with E-state index in [1.165, 1.54) is 0 Å². The first-order chi connectivity index (χ1) is 12.2. The average Bonchev–Trinajstić information content (AvgIpc) is 3.11. The van der Waals surface area contributed by atoms with Gasteiger partial charge in [0, 0.05) is 24.7 Å².